The molecular formula is C15H22IN. The van der Waals surface area contributed by atoms with Gasteiger partial charge in [0, 0.05) is 15.3 Å². The van der Waals surface area contributed by atoms with Crippen LogP contribution in [0.1, 0.15) is 38.7 Å². The lowest BCUT2D eigenvalue weighted by molar-refractivity contribution is 0.253. The van der Waals surface area contributed by atoms with Crippen LogP contribution in [-0.2, 0) is 0 Å². The van der Waals surface area contributed by atoms with Crippen molar-refractivity contribution in [3.63, 3.8) is 0 Å². The molecule has 1 N–H and O–H groups in total. The molecule has 0 aromatic heterocycles. The number of hydrogen-bond donors (Lipinski definition) is 1. The molecule has 0 amide bonds. The number of benzene rings is 1. The molecule has 3 atom stereocenters. The van der Waals surface area contributed by atoms with Crippen molar-refractivity contribution in [1.82, 2.24) is 0 Å². The van der Waals surface area contributed by atoms with E-state index < -0.39 is 0 Å². The normalized spacial score (nSPS) is 29.1. The van der Waals surface area contributed by atoms with Crippen LogP contribution in [-0.4, -0.2) is 6.04 Å². The molecule has 0 saturated heterocycles. The lowest BCUT2D eigenvalue weighted by Gasteiger charge is -2.35. The molecule has 0 bridgehead atoms. The summed E-state index contributed by atoms with van der Waals surface area (Å²) in [7, 11) is 0. The van der Waals surface area contributed by atoms with Gasteiger partial charge in [0.25, 0.3) is 0 Å². The number of halogens is 1. The molecule has 0 radical (unpaired) electrons. The Morgan fingerprint density at radius 1 is 1.24 bits per heavy atom. The lowest BCUT2D eigenvalue weighted by atomic mass is 9.78. The molecule has 17 heavy (non-hydrogen) atoms. The van der Waals surface area contributed by atoms with Crippen LogP contribution in [0.4, 0.5) is 5.69 Å². The van der Waals surface area contributed by atoms with Gasteiger partial charge in [-0.25, -0.2) is 0 Å². The summed E-state index contributed by atoms with van der Waals surface area (Å²) in [6.45, 7) is 6.99. The summed E-state index contributed by atoms with van der Waals surface area (Å²) >= 11 is 2.41. The van der Waals surface area contributed by atoms with Crippen molar-refractivity contribution in [2.45, 2.75) is 46.1 Å². The van der Waals surface area contributed by atoms with Gasteiger partial charge in [-0.15, -0.1) is 0 Å². The van der Waals surface area contributed by atoms with E-state index in [9.17, 15) is 0 Å². The Kier molecular flexibility index (Phi) is 4.34. The van der Waals surface area contributed by atoms with E-state index >= 15 is 0 Å². The van der Waals surface area contributed by atoms with Gasteiger partial charge in [-0.05, 0) is 65.5 Å². The zero-order valence-electron chi connectivity index (χ0n) is 11.0. The average molecular weight is 343 g/mol. The molecule has 0 spiro atoms. The molecule has 94 valence electrons. The minimum atomic E-state index is 0.649. The molecule has 1 aliphatic rings. The lowest BCUT2D eigenvalue weighted by Crippen LogP contribution is -2.35. The predicted molar refractivity (Wildman–Crippen MR) is 83.5 cm³/mol. The van der Waals surface area contributed by atoms with Crippen LogP contribution in [0.5, 0.6) is 0 Å². The highest BCUT2D eigenvalue weighted by molar-refractivity contribution is 14.1. The Morgan fingerprint density at radius 3 is 2.76 bits per heavy atom. The van der Waals surface area contributed by atoms with E-state index in [4.69, 9.17) is 0 Å². The third kappa shape index (κ3) is 2.95. The Morgan fingerprint density at radius 2 is 2.00 bits per heavy atom. The maximum atomic E-state index is 3.77. The van der Waals surface area contributed by atoms with E-state index in [0.717, 1.165) is 11.8 Å². The minimum Gasteiger partial charge on any atom is -0.382 e. The van der Waals surface area contributed by atoms with Gasteiger partial charge >= 0.3 is 0 Å². The number of rotatable bonds is 2. The summed E-state index contributed by atoms with van der Waals surface area (Å²) in [5.74, 6) is 1.63. The van der Waals surface area contributed by atoms with Gasteiger partial charge in [-0.1, -0.05) is 32.8 Å². The Hall–Kier alpha value is -0.250. The maximum absolute atomic E-state index is 3.77. The molecule has 1 saturated carbocycles. The topological polar surface area (TPSA) is 12.0 Å². The van der Waals surface area contributed by atoms with Gasteiger partial charge in [0.05, 0.1) is 0 Å². The fraction of sp³-hybridized carbons (Fsp3) is 0.600. The van der Waals surface area contributed by atoms with Crippen molar-refractivity contribution in [2.75, 3.05) is 5.32 Å². The molecule has 1 fully saturated rings. The molecule has 1 aromatic rings. The van der Waals surface area contributed by atoms with Crippen LogP contribution in [0, 0.1) is 22.3 Å². The summed E-state index contributed by atoms with van der Waals surface area (Å²) in [5.41, 5.74) is 2.71. The average Bonchev–Trinajstić information content (AvgIpc) is 2.31. The van der Waals surface area contributed by atoms with Gasteiger partial charge in [-0.3, -0.25) is 0 Å². The van der Waals surface area contributed by atoms with E-state index in [2.05, 4.69) is 66.9 Å². The van der Waals surface area contributed by atoms with Gasteiger partial charge in [0.2, 0.25) is 0 Å². The molecule has 1 aromatic carbocycles. The van der Waals surface area contributed by atoms with Crippen LogP contribution in [0.15, 0.2) is 18.2 Å². The molecule has 0 aliphatic heterocycles. The standard InChI is InChI=1S/C15H22IN/c1-10-6-4-8-14(11(10)2)17-15-9-5-7-13(16)12(15)3/h5,7,9-11,14,17H,4,6,8H2,1-3H3. The largest absolute Gasteiger partial charge is 0.382 e. The van der Waals surface area contributed by atoms with Gasteiger partial charge < -0.3 is 5.32 Å². The fourth-order valence-electron chi connectivity index (χ4n) is 2.75. The Balaban J connectivity index is 2.12. The summed E-state index contributed by atoms with van der Waals surface area (Å²) in [6, 6.07) is 7.18. The van der Waals surface area contributed by atoms with E-state index in [-0.39, 0.29) is 0 Å². The maximum Gasteiger partial charge on any atom is 0.0382 e. The number of hydrogen-bond acceptors (Lipinski definition) is 1. The molecule has 1 nitrogen and oxygen atoms in total. The van der Waals surface area contributed by atoms with Gasteiger partial charge in [0.1, 0.15) is 0 Å². The number of anilines is 1. The summed E-state index contributed by atoms with van der Waals surface area (Å²) in [5, 5.41) is 3.77. The highest BCUT2D eigenvalue weighted by Crippen LogP contribution is 2.32. The fourth-order valence-corrected chi connectivity index (χ4v) is 3.25. The van der Waals surface area contributed by atoms with Crippen molar-refractivity contribution in [1.29, 1.82) is 0 Å². The van der Waals surface area contributed by atoms with Crippen LogP contribution in [0.25, 0.3) is 0 Å². The van der Waals surface area contributed by atoms with Crippen molar-refractivity contribution in [3.05, 3.63) is 27.3 Å². The third-order valence-electron chi connectivity index (χ3n) is 4.32. The zero-order valence-corrected chi connectivity index (χ0v) is 13.1. The van der Waals surface area contributed by atoms with Crippen LogP contribution >= 0.6 is 22.6 Å². The van der Waals surface area contributed by atoms with E-state index in [0.29, 0.717) is 6.04 Å². The predicted octanol–water partition coefficient (Wildman–Crippen LogP) is 4.84. The molecule has 2 heteroatoms. The Labute approximate surface area is 119 Å². The first kappa shape index (κ1) is 13.2. The number of nitrogens with one attached hydrogen (secondary N) is 1. The molecule has 3 unspecified atom stereocenters. The SMILES string of the molecule is Cc1c(I)cccc1NC1CCCC(C)C1C. The van der Waals surface area contributed by atoms with Crippen molar-refractivity contribution in [2.24, 2.45) is 11.8 Å². The highest BCUT2D eigenvalue weighted by Gasteiger charge is 2.27. The first-order valence-corrected chi connectivity index (χ1v) is 7.69. The third-order valence-corrected chi connectivity index (χ3v) is 5.48. The van der Waals surface area contributed by atoms with Crippen LogP contribution < -0.4 is 5.32 Å². The van der Waals surface area contributed by atoms with Gasteiger partial charge in [-0.2, -0.15) is 0 Å². The second-order valence-corrected chi connectivity index (χ2v) is 6.59. The molecule has 2 rings (SSSR count). The summed E-state index contributed by atoms with van der Waals surface area (Å²) in [4.78, 5) is 0. The van der Waals surface area contributed by atoms with E-state index in [1.54, 1.807) is 0 Å². The summed E-state index contributed by atoms with van der Waals surface area (Å²) < 4.78 is 1.35. The van der Waals surface area contributed by atoms with E-state index in [1.165, 1.54) is 34.1 Å². The Bertz CT molecular complexity index is 389. The molecular weight excluding hydrogens is 321 g/mol. The quantitative estimate of drug-likeness (QED) is 0.758. The van der Waals surface area contributed by atoms with Crippen molar-refractivity contribution >= 4 is 28.3 Å². The zero-order chi connectivity index (χ0) is 12.4. The second-order valence-electron chi connectivity index (χ2n) is 5.43. The van der Waals surface area contributed by atoms with E-state index in [1.807, 2.05) is 0 Å². The van der Waals surface area contributed by atoms with Crippen molar-refractivity contribution < 1.29 is 0 Å². The molecule has 0 heterocycles. The second kappa shape index (κ2) is 5.59. The highest BCUT2D eigenvalue weighted by atomic mass is 127. The van der Waals surface area contributed by atoms with Crippen LogP contribution in [0.2, 0.25) is 0 Å². The van der Waals surface area contributed by atoms with Crippen molar-refractivity contribution in [3.8, 4) is 0 Å². The monoisotopic (exact) mass is 343 g/mol. The first-order valence-electron chi connectivity index (χ1n) is 6.61. The van der Waals surface area contributed by atoms with Crippen LogP contribution in [0.3, 0.4) is 0 Å². The minimum absolute atomic E-state index is 0.649. The summed E-state index contributed by atoms with van der Waals surface area (Å²) in [6.07, 6.45) is 4.08. The smallest absolute Gasteiger partial charge is 0.0382 e. The molecule has 1 aliphatic carbocycles. The van der Waals surface area contributed by atoms with Gasteiger partial charge in [0.15, 0.2) is 0 Å². The first-order chi connectivity index (χ1) is 8.09.